The van der Waals surface area contributed by atoms with Gasteiger partial charge in [0.25, 0.3) is 0 Å². The molecule has 0 nitrogen and oxygen atoms in total. The molecule has 0 saturated carbocycles. The smallest absolute Gasteiger partial charge is 0.207 e. The van der Waals surface area contributed by atoms with Gasteiger partial charge >= 0.3 is 6.18 Å². The molecule has 0 amide bonds. The van der Waals surface area contributed by atoms with Gasteiger partial charge < -0.3 is 0 Å². The van der Waals surface area contributed by atoms with Crippen molar-refractivity contribution in [3.05, 3.63) is 35.6 Å². The van der Waals surface area contributed by atoms with Gasteiger partial charge in [-0.05, 0) is 24.0 Å². The Hall–Kier alpha value is -0.580. The summed E-state index contributed by atoms with van der Waals surface area (Å²) in [6.45, 7) is 0. The fourth-order valence-corrected chi connectivity index (χ4v) is 0.665. The van der Waals surface area contributed by atoms with Gasteiger partial charge in [0.2, 0.25) is 0 Å². The van der Waals surface area contributed by atoms with E-state index in [-0.39, 0.29) is 0 Å². The van der Waals surface area contributed by atoms with Crippen LogP contribution in [0.3, 0.4) is 0 Å². The van der Waals surface area contributed by atoms with E-state index in [9.17, 15) is 17.6 Å². The largest absolute Gasteiger partial charge is 0.416 e. The van der Waals surface area contributed by atoms with Gasteiger partial charge in [0.1, 0.15) is 5.82 Å². The molecule has 0 aliphatic heterocycles. The first-order valence-electron chi connectivity index (χ1n) is 3.21. The van der Waals surface area contributed by atoms with Crippen molar-refractivity contribution in [3.8, 4) is 0 Å². The van der Waals surface area contributed by atoms with Crippen molar-refractivity contribution in [2.75, 3.05) is 5.83 Å². The average Bonchev–Trinajstić information content (AvgIpc) is 2.06. The molecule has 0 saturated heterocycles. The van der Waals surface area contributed by atoms with Crippen LogP contribution in [-0.2, 0) is 6.18 Å². The molecule has 1 rings (SSSR count). The van der Waals surface area contributed by atoms with Gasteiger partial charge in [-0.15, -0.1) is 0 Å². The summed E-state index contributed by atoms with van der Waals surface area (Å²) in [5.74, 6) is 0.937. The number of benzene rings is 1. The van der Waals surface area contributed by atoms with Gasteiger partial charge in [-0.3, -0.25) is 0 Å². The van der Waals surface area contributed by atoms with Crippen molar-refractivity contribution in [2.45, 2.75) is 6.18 Å². The van der Waals surface area contributed by atoms with Crippen molar-refractivity contribution in [1.29, 1.82) is 0 Å². The van der Waals surface area contributed by atoms with Crippen LogP contribution in [0.15, 0.2) is 24.3 Å². The molecule has 0 bridgehead atoms. The number of alkyl halides is 4. The zero-order valence-electron chi connectivity index (χ0n) is 6.70. The van der Waals surface area contributed by atoms with Crippen LogP contribution in [-0.4, -0.2) is 5.83 Å². The van der Waals surface area contributed by atoms with Gasteiger partial charge in [-0.1, -0.05) is 22.0 Å². The van der Waals surface area contributed by atoms with Crippen LogP contribution in [0.1, 0.15) is 5.56 Å². The standard InChI is InChI=1S/C7H4F4.CH3Br/c8-6-3-1-2-5(4-6)7(9,10)11;1-2/h1-4H;1H3. The topological polar surface area (TPSA) is 0 Å². The molecule has 1 aromatic rings. The van der Waals surface area contributed by atoms with E-state index >= 15 is 0 Å². The molecule has 0 radical (unpaired) electrons. The Morgan fingerprint density at radius 1 is 1.15 bits per heavy atom. The highest BCUT2D eigenvalue weighted by Gasteiger charge is 2.30. The zero-order chi connectivity index (χ0) is 10.5. The molecule has 0 atom stereocenters. The molecule has 74 valence electrons. The highest BCUT2D eigenvalue weighted by atomic mass is 79.9. The maximum atomic E-state index is 12.2. The number of hydrogen-bond acceptors (Lipinski definition) is 0. The number of halogens is 5. The van der Waals surface area contributed by atoms with Crippen LogP contribution in [0, 0.1) is 5.82 Å². The SMILES string of the molecule is CBr.Fc1cccc(C(F)(F)F)c1. The predicted molar refractivity (Wildman–Crippen MR) is 46.3 cm³/mol. The maximum absolute atomic E-state index is 12.2. The van der Waals surface area contributed by atoms with E-state index in [2.05, 4.69) is 15.9 Å². The third kappa shape index (κ3) is 4.26. The first-order chi connectivity index (χ1) is 6.00. The minimum absolute atomic E-state index is 0.458. The predicted octanol–water partition coefficient (Wildman–Crippen LogP) is 3.86. The molecule has 0 heterocycles. The molecule has 0 aliphatic rings. The summed E-state index contributed by atoms with van der Waals surface area (Å²) in [7, 11) is 0. The van der Waals surface area contributed by atoms with Crippen molar-refractivity contribution in [2.24, 2.45) is 0 Å². The fourth-order valence-electron chi connectivity index (χ4n) is 0.665. The molecule has 0 aromatic heterocycles. The lowest BCUT2D eigenvalue weighted by Gasteiger charge is -2.04. The van der Waals surface area contributed by atoms with Gasteiger partial charge in [0.05, 0.1) is 5.56 Å². The molecule has 0 N–H and O–H groups in total. The summed E-state index contributed by atoms with van der Waals surface area (Å²) in [5, 5.41) is 0. The van der Waals surface area contributed by atoms with Gasteiger partial charge in [0, 0.05) is 0 Å². The Kier molecular flexibility index (Phi) is 4.98. The van der Waals surface area contributed by atoms with Gasteiger partial charge in [0.15, 0.2) is 0 Å². The highest BCUT2D eigenvalue weighted by Crippen LogP contribution is 2.28. The number of hydrogen-bond donors (Lipinski definition) is 0. The lowest BCUT2D eigenvalue weighted by Crippen LogP contribution is -2.04. The second-order valence-corrected chi connectivity index (χ2v) is 2.01. The summed E-state index contributed by atoms with van der Waals surface area (Å²) in [6.07, 6.45) is -4.46. The van der Waals surface area contributed by atoms with Crippen LogP contribution < -0.4 is 0 Å². The summed E-state index contributed by atoms with van der Waals surface area (Å²) >= 11 is 2.94. The summed E-state index contributed by atoms with van der Waals surface area (Å²) in [6, 6.07) is 3.27. The molecule has 0 fully saturated rings. The fraction of sp³-hybridized carbons (Fsp3) is 0.250. The van der Waals surface area contributed by atoms with Crippen molar-refractivity contribution < 1.29 is 17.6 Å². The lowest BCUT2D eigenvalue weighted by molar-refractivity contribution is -0.137. The molecule has 0 aliphatic carbocycles. The van der Waals surface area contributed by atoms with Crippen LogP contribution >= 0.6 is 15.9 Å². The summed E-state index contributed by atoms with van der Waals surface area (Å²) < 4.78 is 47.6. The molecule has 5 heteroatoms. The van der Waals surface area contributed by atoms with E-state index < -0.39 is 17.6 Å². The average molecular weight is 259 g/mol. The van der Waals surface area contributed by atoms with Crippen LogP contribution in [0.4, 0.5) is 17.6 Å². The molecular formula is C8H7BrF4. The maximum Gasteiger partial charge on any atom is 0.416 e. The Morgan fingerprint density at radius 3 is 2.00 bits per heavy atom. The van der Waals surface area contributed by atoms with Gasteiger partial charge in [-0.2, -0.15) is 13.2 Å². The normalized spacial score (nSPS) is 10.3. The molecule has 0 unspecified atom stereocenters. The third-order valence-electron chi connectivity index (χ3n) is 1.15. The first kappa shape index (κ1) is 12.4. The first-order valence-corrected chi connectivity index (χ1v) is 4.79. The van der Waals surface area contributed by atoms with Crippen molar-refractivity contribution >= 4 is 15.9 Å². The molecule has 13 heavy (non-hydrogen) atoms. The van der Waals surface area contributed by atoms with Gasteiger partial charge in [-0.25, -0.2) is 4.39 Å². The second kappa shape index (κ2) is 5.21. The van der Waals surface area contributed by atoms with E-state index in [0.717, 1.165) is 18.2 Å². The van der Waals surface area contributed by atoms with E-state index in [4.69, 9.17) is 0 Å². The quantitative estimate of drug-likeness (QED) is 0.490. The Morgan fingerprint density at radius 2 is 1.69 bits per heavy atom. The van der Waals surface area contributed by atoms with Crippen LogP contribution in [0.2, 0.25) is 0 Å². The van der Waals surface area contributed by atoms with E-state index in [1.54, 1.807) is 0 Å². The zero-order valence-corrected chi connectivity index (χ0v) is 8.29. The van der Waals surface area contributed by atoms with E-state index in [1.165, 1.54) is 0 Å². The Bertz CT molecular complexity index is 257. The third-order valence-corrected chi connectivity index (χ3v) is 1.15. The Labute approximate surface area is 81.7 Å². The monoisotopic (exact) mass is 258 g/mol. The molecular weight excluding hydrogens is 252 g/mol. The second-order valence-electron chi connectivity index (χ2n) is 2.01. The molecule has 1 aromatic carbocycles. The van der Waals surface area contributed by atoms with Crippen molar-refractivity contribution in [3.63, 3.8) is 0 Å². The molecule has 0 spiro atoms. The number of rotatable bonds is 0. The minimum atomic E-state index is -4.46. The van der Waals surface area contributed by atoms with E-state index in [1.807, 2.05) is 5.83 Å². The van der Waals surface area contributed by atoms with Crippen LogP contribution in [0.5, 0.6) is 0 Å². The summed E-state index contributed by atoms with van der Waals surface area (Å²) in [5.41, 5.74) is -0.961. The van der Waals surface area contributed by atoms with Crippen molar-refractivity contribution in [1.82, 2.24) is 0 Å². The Balaban J connectivity index is 0.000000671. The summed E-state index contributed by atoms with van der Waals surface area (Å²) in [4.78, 5) is 0. The van der Waals surface area contributed by atoms with E-state index in [0.29, 0.717) is 6.07 Å². The lowest BCUT2D eigenvalue weighted by atomic mass is 10.2. The van der Waals surface area contributed by atoms with Crippen LogP contribution in [0.25, 0.3) is 0 Å². The minimum Gasteiger partial charge on any atom is -0.207 e. The highest BCUT2D eigenvalue weighted by molar-refractivity contribution is 9.08.